The van der Waals surface area contributed by atoms with Crippen LogP contribution in [0.25, 0.3) is 16.8 Å². The van der Waals surface area contributed by atoms with Gasteiger partial charge in [0.05, 0.1) is 55.4 Å². The highest BCUT2D eigenvalue weighted by Crippen LogP contribution is 2.28. The highest BCUT2D eigenvalue weighted by atomic mass is 35.5. The highest BCUT2D eigenvalue weighted by molar-refractivity contribution is 6.32. The number of aliphatic hydroxyl groups is 2. The summed E-state index contributed by atoms with van der Waals surface area (Å²) in [6, 6.07) is 3.15. The molecule has 0 bridgehead atoms. The predicted octanol–water partition coefficient (Wildman–Crippen LogP) is 1.73. The molecule has 3 aromatic heterocycles. The van der Waals surface area contributed by atoms with Crippen molar-refractivity contribution in [2.75, 3.05) is 32.2 Å². The van der Waals surface area contributed by atoms with Crippen LogP contribution >= 0.6 is 11.6 Å². The molecule has 1 aliphatic heterocycles. The van der Waals surface area contributed by atoms with Crippen molar-refractivity contribution in [3.05, 3.63) is 69.7 Å². The van der Waals surface area contributed by atoms with Crippen molar-refractivity contribution in [1.82, 2.24) is 29.5 Å². The third-order valence-corrected chi connectivity index (χ3v) is 7.32. The van der Waals surface area contributed by atoms with Crippen molar-refractivity contribution in [1.29, 1.82) is 0 Å². The van der Waals surface area contributed by atoms with E-state index in [1.807, 2.05) is 0 Å². The normalized spacial score (nSPS) is 18.4. The second kappa shape index (κ2) is 12.4. The second-order valence-corrected chi connectivity index (χ2v) is 10.2. The molecule has 1 saturated heterocycles. The van der Waals surface area contributed by atoms with Gasteiger partial charge in [-0.15, -0.1) is 0 Å². The standard InChI is InChI=1S/C27H29ClFN7O6/c1-14(25(39)32-21(11-37)15-5-17(29)8-18(6-15)41-2)35-13-31-36-10-16(7-22(36)26(35)40)24-19(28)9-30-27(34-24)33-20-3-4-42-12-23(20)38/h5-10,13-14,20-21,23,37-38H,3-4,11-12H2,1-2H3,(H,32,39)(H,30,33,34)/t14-,20+,21+,23-/m0/s1. The Bertz CT molecular complexity index is 1660. The number of methoxy groups -OCH3 is 1. The molecule has 1 fully saturated rings. The quantitative estimate of drug-likeness (QED) is 0.222. The van der Waals surface area contributed by atoms with Crippen LogP contribution in [0.5, 0.6) is 5.75 Å². The summed E-state index contributed by atoms with van der Waals surface area (Å²) in [5, 5.41) is 30.3. The summed E-state index contributed by atoms with van der Waals surface area (Å²) >= 11 is 6.39. The summed E-state index contributed by atoms with van der Waals surface area (Å²) in [5.41, 5.74) is 0.770. The van der Waals surface area contributed by atoms with E-state index in [2.05, 4.69) is 25.7 Å². The lowest BCUT2D eigenvalue weighted by molar-refractivity contribution is -0.125. The SMILES string of the molecule is COc1cc(F)cc([C@@H](CO)NC(=O)[C@H](C)n2cnn3cc(-c4nc(N[C@@H]5CCOC[C@@H]5O)ncc4Cl)cc3c2=O)c1. The van der Waals surface area contributed by atoms with Crippen molar-refractivity contribution in [2.45, 2.75) is 37.6 Å². The van der Waals surface area contributed by atoms with E-state index < -0.39 is 42.1 Å². The molecular weight excluding hydrogens is 573 g/mol. The van der Waals surface area contributed by atoms with Crippen LogP contribution in [-0.2, 0) is 9.53 Å². The van der Waals surface area contributed by atoms with Crippen LogP contribution in [0.15, 0.2) is 47.8 Å². The maximum absolute atomic E-state index is 14.0. The molecule has 0 saturated carbocycles. The van der Waals surface area contributed by atoms with Gasteiger partial charge >= 0.3 is 0 Å². The Hall–Kier alpha value is -4.11. The lowest BCUT2D eigenvalue weighted by Gasteiger charge is -2.28. The van der Waals surface area contributed by atoms with Gasteiger partial charge in [0, 0.05) is 24.4 Å². The summed E-state index contributed by atoms with van der Waals surface area (Å²) in [4.78, 5) is 35.2. The summed E-state index contributed by atoms with van der Waals surface area (Å²) in [6.45, 7) is 1.69. The number of rotatable bonds is 9. The van der Waals surface area contributed by atoms with Crippen LogP contribution in [0.2, 0.25) is 5.02 Å². The molecule has 4 heterocycles. The molecule has 4 atom stereocenters. The summed E-state index contributed by atoms with van der Waals surface area (Å²) in [7, 11) is 1.38. The largest absolute Gasteiger partial charge is 0.497 e. The number of carbonyl (C=O) groups excluding carboxylic acids is 1. The van der Waals surface area contributed by atoms with E-state index in [-0.39, 0.29) is 34.9 Å². The average molecular weight is 602 g/mol. The Kier molecular flexibility index (Phi) is 8.68. The maximum Gasteiger partial charge on any atom is 0.278 e. The van der Waals surface area contributed by atoms with E-state index in [1.54, 1.807) is 12.3 Å². The van der Waals surface area contributed by atoms with Gasteiger partial charge in [-0.1, -0.05) is 11.6 Å². The van der Waals surface area contributed by atoms with E-state index in [9.17, 15) is 24.2 Å². The molecule has 13 nitrogen and oxygen atoms in total. The zero-order valence-corrected chi connectivity index (χ0v) is 23.5. The van der Waals surface area contributed by atoms with Crippen LogP contribution in [-0.4, -0.2) is 79.3 Å². The number of fused-ring (bicyclic) bond motifs is 1. The molecular formula is C27H29ClFN7O6. The fourth-order valence-corrected chi connectivity index (χ4v) is 4.86. The maximum atomic E-state index is 14.0. The van der Waals surface area contributed by atoms with E-state index in [4.69, 9.17) is 21.1 Å². The third kappa shape index (κ3) is 6.06. The molecule has 0 radical (unpaired) electrons. The van der Waals surface area contributed by atoms with Crippen molar-refractivity contribution in [2.24, 2.45) is 0 Å². The monoisotopic (exact) mass is 601 g/mol. The van der Waals surface area contributed by atoms with Gasteiger partial charge in [-0.2, -0.15) is 5.10 Å². The topological polar surface area (TPSA) is 165 Å². The first kappa shape index (κ1) is 29.4. The number of anilines is 1. The van der Waals surface area contributed by atoms with Gasteiger partial charge in [0.25, 0.3) is 5.56 Å². The van der Waals surface area contributed by atoms with Gasteiger partial charge in [0.15, 0.2) is 0 Å². The summed E-state index contributed by atoms with van der Waals surface area (Å²) in [6.07, 6.45) is 4.08. The van der Waals surface area contributed by atoms with E-state index in [0.717, 1.165) is 4.57 Å². The Balaban J connectivity index is 1.39. The highest BCUT2D eigenvalue weighted by Gasteiger charge is 2.26. The second-order valence-electron chi connectivity index (χ2n) is 9.82. The zero-order valence-electron chi connectivity index (χ0n) is 22.7. The Morgan fingerprint density at radius 1 is 1.33 bits per heavy atom. The number of aliphatic hydroxyl groups excluding tert-OH is 2. The fourth-order valence-electron chi connectivity index (χ4n) is 4.66. The van der Waals surface area contributed by atoms with Crippen LogP contribution in [0.1, 0.15) is 31.0 Å². The minimum atomic E-state index is -1.03. The van der Waals surface area contributed by atoms with Crippen LogP contribution in [0.3, 0.4) is 0 Å². The number of ether oxygens (including phenoxy) is 2. The first-order valence-corrected chi connectivity index (χ1v) is 13.5. The molecule has 15 heteroatoms. The van der Waals surface area contributed by atoms with Gasteiger partial charge in [-0.25, -0.2) is 18.9 Å². The van der Waals surface area contributed by atoms with Crippen LogP contribution in [0, 0.1) is 5.82 Å². The van der Waals surface area contributed by atoms with E-state index in [0.29, 0.717) is 29.8 Å². The third-order valence-electron chi connectivity index (χ3n) is 7.04. The Morgan fingerprint density at radius 2 is 2.14 bits per heavy atom. The van der Waals surface area contributed by atoms with Gasteiger partial charge in [-0.3, -0.25) is 14.2 Å². The number of nitrogens with zero attached hydrogens (tertiary/aromatic N) is 5. The smallest absolute Gasteiger partial charge is 0.278 e. The number of carbonyl (C=O) groups is 1. The van der Waals surface area contributed by atoms with Crippen LogP contribution in [0.4, 0.5) is 10.3 Å². The zero-order chi connectivity index (χ0) is 30.0. The van der Waals surface area contributed by atoms with E-state index >= 15 is 0 Å². The molecule has 0 aliphatic carbocycles. The number of amides is 1. The average Bonchev–Trinajstić information content (AvgIpc) is 3.42. The number of benzene rings is 1. The van der Waals surface area contributed by atoms with E-state index in [1.165, 1.54) is 49.3 Å². The molecule has 222 valence electrons. The molecule has 5 rings (SSSR count). The molecule has 1 aliphatic rings. The number of aromatic nitrogens is 5. The van der Waals surface area contributed by atoms with Crippen molar-refractivity contribution in [3.63, 3.8) is 0 Å². The number of hydrogen-bond acceptors (Lipinski definition) is 10. The van der Waals surface area contributed by atoms with Gasteiger partial charge in [0.1, 0.15) is 29.5 Å². The van der Waals surface area contributed by atoms with Crippen molar-refractivity contribution in [3.8, 4) is 17.0 Å². The fraction of sp³-hybridized carbons (Fsp3) is 0.370. The predicted molar refractivity (Wildman–Crippen MR) is 150 cm³/mol. The molecule has 42 heavy (non-hydrogen) atoms. The van der Waals surface area contributed by atoms with Crippen molar-refractivity contribution < 1.29 is 28.9 Å². The summed E-state index contributed by atoms with van der Waals surface area (Å²) < 4.78 is 26.8. The number of hydrogen-bond donors (Lipinski definition) is 4. The molecule has 0 unspecified atom stereocenters. The Morgan fingerprint density at radius 3 is 2.88 bits per heavy atom. The molecule has 1 amide bonds. The number of nitrogens with one attached hydrogen (secondary N) is 2. The molecule has 4 N–H and O–H groups in total. The first-order valence-electron chi connectivity index (χ1n) is 13.1. The van der Waals surface area contributed by atoms with Gasteiger partial charge in [0.2, 0.25) is 11.9 Å². The molecule has 0 spiro atoms. The summed E-state index contributed by atoms with van der Waals surface area (Å²) in [5.74, 6) is -0.704. The van der Waals surface area contributed by atoms with Gasteiger partial charge < -0.3 is 30.3 Å². The minimum Gasteiger partial charge on any atom is -0.497 e. The van der Waals surface area contributed by atoms with Crippen LogP contribution < -0.4 is 20.9 Å². The van der Waals surface area contributed by atoms with Crippen molar-refractivity contribution >= 4 is 29.0 Å². The lowest BCUT2D eigenvalue weighted by Crippen LogP contribution is -2.42. The molecule has 1 aromatic carbocycles. The van der Waals surface area contributed by atoms with Gasteiger partial charge in [-0.05, 0) is 37.1 Å². The molecule has 4 aromatic rings. The Labute approximate surface area is 243 Å². The minimum absolute atomic E-state index is 0.157. The lowest BCUT2D eigenvalue weighted by atomic mass is 10.1. The number of halogens is 2. The first-order chi connectivity index (χ1) is 20.2.